The number of aromatic nitrogens is 1. The molecule has 9 heteroatoms. The molecule has 1 aromatic heterocycles. The smallest absolute Gasteiger partial charge is 0.246 e. The number of morpholine rings is 1. The highest BCUT2D eigenvalue weighted by Gasteiger charge is 2.29. The van der Waals surface area contributed by atoms with Crippen LogP contribution < -0.4 is 11.5 Å². The van der Waals surface area contributed by atoms with Crippen LogP contribution in [0.3, 0.4) is 0 Å². The topological polar surface area (TPSA) is 130 Å². The highest BCUT2D eigenvalue weighted by molar-refractivity contribution is 5.88. The number of phenolic OH excluding ortho intramolecular Hbond substituents is 1. The Morgan fingerprint density at radius 1 is 1.24 bits per heavy atom. The van der Waals surface area contributed by atoms with Crippen molar-refractivity contribution in [3.05, 3.63) is 58.8 Å². The van der Waals surface area contributed by atoms with Gasteiger partial charge < -0.3 is 35.9 Å². The molecule has 2 saturated heterocycles. The number of aromatic amines is 1. The average molecular weight is 510 g/mol. The molecule has 0 unspecified atom stereocenters. The summed E-state index contributed by atoms with van der Waals surface area (Å²) in [6, 6.07) is 6.91. The third-order valence-electron chi connectivity index (χ3n) is 7.39. The number of nitrogens with one attached hydrogen (secondary N) is 1. The van der Waals surface area contributed by atoms with Crippen LogP contribution in [0.15, 0.2) is 36.4 Å². The molecule has 3 heterocycles. The van der Waals surface area contributed by atoms with Gasteiger partial charge in [-0.3, -0.25) is 9.69 Å². The summed E-state index contributed by atoms with van der Waals surface area (Å²) in [5.41, 5.74) is 16.6. The van der Waals surface area contributed by atoms with Crippen LogP contribution >= 0.6 is 0 Å². The molecule has 2 atom stereocenters. The first-order valence-corrected chi connectivity index (χ1v) is 12.9. The lowest BCUT2D eigenvalue weighted by Crippen LogP contribution is -2.39. The van der Waals surface area contributed by atoms with Gasteiger partial charge in [-0.25, -0.2) is 0 Å². The first kappa shape index (κ1) is 26.8. The van der Waals surface area contributed by atoms with Crippen LogP contribution in [-0.2, 0) is 14.3 Å². The monoisotopic (exact) mass is 509 g/mol. The number of hydrogen-bond donors (Lipinski definition) is 4. The van der Waals surface area contributed by atoms with Crippen molar-refractivity contribution in [2.75, 3.05) is 58.8 Å². The van der Waals surface area contributed by atoms with Crippen LogP contribution in [-0.4, -0.2) is 84.9 Å². The van der Waals surface area contributed by atoms with Gasteiger partial charge in [-0.05, 0) is 43.5 Å². The SMILES string of the molecule is Cc1c([C@@H]2CCOC[C@@H](N(C)C(=O)/C=C/CN3CCOCC3)C2)[nH]c(N)c1/C=C(\N)c1ccccc1O. The van der Waals surface area contributed by atoms with Gasteiger partial charge >= 0.3 is 0 Å². The number of carbonyl (C=O) groups is 1. The minimum atomic E-state index is -0.0534. The van der Waals surface area contributed by atoms with E-state index in [9.17, 15) is 9.90 Å². The second-order valence-electron chi connectivity index (χ2n) is 9.82. The highest BCUT2D eigenvalue weighted by atomic mass is 16.5. The summed E-state index contributed by atoms with van der Waals surface area (Å²) >= 11 is 0. The standard InChI is InChI=1S/C28H39N5O4/c1-19-23(17-24(29)22-6-3-4-7-25(22)34)28(30)31-27(19)20-9-13-37-18-21(16-20)32(2)26(35)8-5-10-33-11-14-36-15-12-33/h3-8,17,20-21,31,34H,9-16,18,29-30H2,1-2H3/b8-5+,24-17-/t20-,21+/m1/s1. The van der Waals surface area contributed by atoms with Crippen LogP contribution in [0.5, 0.6) is 5.75 Å². The van der Waals surface area contributed by atoms with E-state index in [1.165, 1.54) is 0 Å². The summed E-state index contributed by atoms with van der Waals surface area (Å²) in [5.74, 6) is 0.780. The number of likely N-dealkylation sites (N-methyl/N-ethyl adjacent to an activating group) is 1. The number of H-pyrrole nitrogens is 1. The summed E-state index contributed by atoms with van der Waals surface area (Å²) in [5, 5.41) is 10.2. The van der Waals surface area contributed by atoms with Gasteiger partial charge in [0.05, 0.1) is 25.9 Å². The summed E-state index contributed by atoms with van der Waals surface area (Å²) in [6.07, 6.45) is 6.99. The van der Waals surface area contributed by atoms with E-state index in [1.54, 1.807) is 35.3 Å². The predicted molar refractivity (Wildman–Crippen MR) is 146 cm³/mol. The Balaban J connectivity index is 1.46. The van der Waals surface area contributed by atoms with E-state index < -0.39 is 0 Å². The minimum absolute atomic E-state index is 0.0238. The van der Waals surface area contributed by atoms with Crippen molar-refractivity contribution in [2.45, 2.75) is 31.7 Å². The van der Waals surface area contributed by atoms with Crippen LogP contribution in [0, 0.1) is 6.92 Å². The van der Waals surface area contributed by atoms with E-state index in [2.05, 4.69) is 9.88 Å². The number of nitrogen functional groups attached to an aromatic ring is 1. The molecule has 2 aliphatic rings. The second kappa shape index (κ2) is 12.3. The zero-order valence-electron chi connectivity index (χ0n) is 21.8. The second-order valence-corrected chi connectivity index (χ2v) is 9.82. The van der Waals surface area contributed by atoms with Crippen molar-refractivity contribution in [3.63, 3.8) is 0 Å². The number of nitrogens with zero attached hydrogens (tertiary/aromatic N) is 2. The maximum Gasteiger partial charge on any atom is 0.246 e. The van der Waals surface area contributed by atoms with Crippen molar-refractivity contribution < 1.29 is 19.4 Å². The van der Waals surface area contributed by atoms with Crippen molar-refractivity contribution in [2.24, 2.45) is 5.73 Å². The molecule has 0 radical (unpaired) electrons. The molecule has 0 spiro atoms. The van der Waals surface area contributed by atoms with E-state index in [4.69, 9.17) is 20.9 Å². The Morgan fingerprint density at radius 2 is 2.00 bits per heavy atom. The maximum atomic E-state index is 12.9. The normalized spacial score (nSPS) is 21.7. The Bertz CT molecular complexity index is 1140. The summed E-state index contributed by atoms with van der Waals surface area (Å²) in [4.78, 5) is 20.3. The number of carbonyl (C=O) groups excluding carboxylic acids is 1. The van der Waals surface area contributed by atoms with Gasteiger partial charge in [0.2, 0.25) is 5.91 Å². The number of phenols is 1. The number of ether oxygens (including phenoxy) is 2. The number of para-hydroxylation sites is 1. The van der Waals surface area contributed by atoms with Gasteiger partial charge in [-0.1, -0.05) is 18.2 Å². The lowest BCUT2D eigenvalue weighted by atomic mass is 9.91. The van der Waals surface area contributed by atoms with Crippen molar-refractivity contribution >= 4 is 23.5 Å². The van der Waals surface area contributed by atoms with Crippen molar-refractivity contribution in [1.29, 1.82) is 0 Å². The van der Waals surface area contributed by atoms with Crippen LogP contribution in [0.25, 0.3) is 11.8 Å². The number of anilines is 1. The lowest BCUT2D eigenvalue weighted by molar-refractivity contribution is -0.127. The Kier molecular flexibility index (Phi) is 8.91. The molecule has 9 nitrogen and oxygen atoms in total. The number of hydrogen-bond acceptors (Lipinski definition) is 7. The molecule has 200 valence electrons. The number of aromatic hydroxyl groups is 1. The molecule has 1 amide bonds. The van der Waals surface area contributed by atoms with Crippen LogP contribution in [0.4, 0.5) is 5.82 Å². The quantitative estimate of drug-likeness (QED) is 0.422. The van der Waals surface area contributed by atoms with Gasteiger partial charge in [-0.15, -0.1) is 0 Å². The zero-order valence-corrected chi connectivity index (χ0v) is 21.8. The van der Waals surface area contributed by atoms with Crippen LogP contribution in [0.1, 0.15) is 41.1 Å². The maximum absolute atomic E-state index is 12.9. The number of amides is 1. The molecule has 2 aliphatic heterocycles. The number of rotatable bonds is 7. The zero-order chi connectivity index (χ0) is 26.4. The van der Waals surface area contributed by atoms with Crippen molar-refractivity contribution in [3.8, 4) is 5.75 Å². The number of benzene rings is 1. The van der Waals surface area contributed by atoms with E-state index in [-0.39, 0.29) is 23.6 Å². The summed E-state index contributed by atoms with van der Waals surface area (Å²) in [6.45, 7) is 7.14. The molecule has 1 aromatic carbocycles. The first-order chi connectivity index (χ1) is 17.8. The molecule has 0 aliphatic carbocycles. The number of nitrogens with two attached hydrogens (primary N) is 2. The van der Waals surface area contributed by atoms with Gasteiger partial charge in [0.15, 0.2) is 0 Å². The van der Waals surface area contributed by atoms with Gasteiger partial charge in [-0.2, -0.15) is 0 Å². The molecule has 6 N–H and O–H groups in total. The Hall–Kier alpha value is -3.27. The molecule has 2 fully saturated rings. The van der Waals surface area contributed by atoms with E-state index in [1.807, 2.05) is 26.1 Å². The van der Waals surface area contributed by atoms with Gasteiger partial charge in [0.25, 0.3) is 0 Å². The molecule has 2 aromatic rings. The fraction of sp³-hybridized carbons (Fsp3) is 0.464. The van der Waals surface area contributed by atoms with Gasteiger partial charge in [0.1, 0.15) is 11.6 Å². The van der Waals surface area contributed by atoms with E-state index >= 15 is 0 Å². The van der Waals surface area contributed by atoms with Crippen LogP contribution in [0.2, 0.25) is 0 Å². The molecule has 37 heavy (non-hydrogen) atoms. The van der Waals surface area contributed by atoms with Gasteiger partial charge in [0, 0.05) is 67.8 Å². The Morgan fingerprint density at radius 3 is 2.76 bits per heavy atom. The largest absolute Gasteiger partial charge is 0.507 e. The first-order valence-electron chi connectivity index (χ1n) is 12.9. The third kappa shape index (κ3) is 6.54. The average Bonchev–Trinajstić information content (AvgIpc) is 3.05. The fourth-order valence-electron chi connectivity index (χ4n) is 5.07. The van der Waals surface area contributed by atoms with E-state index in [0.717, 1.165) is 62.5 Å². The van der Waals surface area contributed by atoms with E-state index in [0.29, 0.717) is 30.3 Å². The fourth-order valence-corrected chi connectivity index (χ4v) is 5.07. The molecule has 0 bridgehead atoms. The Labute approximate surface area is 218 Å². The lowest BCUT2D eigenvalue weighted by Gasteiger charge is -2.28. The summed E-state index contributed by atoms with van der Waals surface area (Å²) in [7, 11) is 1.84. The third-order valence-corrected chi connectivity index (χ3v) is 7.39. The minimum Gasteiger partial charge on any atom is -0.507 e. The van der Waals surface area contributed by atoms with Crippen molar-refractivity contribution in [1.82, 2.24) is 14.8 Å². The molecule has 0 saturated carbocycles. The predicted octanol–water partition coefficient (Wildman–Crippen LogP) is 2.68. The highest BCUT2D eigenvalue weighted by Crippen LogP contribution is 2.35. The molecular weight excluding hydrogens is 470 g/mol. The molecule has 4 rings (SSSR count). The molecular formula is C28H39N5O4. The summed E-state index contributed by atoms with van der Waals surface area (Å²) < 4.78 is 11.3.